The summed E-state index contributed by atoms with van der Waals surface area (Å²) in [7, 11) is 0. The van der Waals surface area contributed by atoms with Crippen molar-refractivity contribution in [1.82, 2.24) is 0 Å². The molecule has 110 valence electrons. The molecule has 0 heterocycles. The molecule has 0 bridgehead atoms. The van der Waals surface area contributed by atoms with E-state index in [1.54, 1.807) is 0 Å². The molecule has 0 aliphatic heterocycles. The van der Waals surface area contributed by atoms with Gasteiger partial charge in [-0.05, 0) is 0 Å². The Hall–Kier alpha value is -2.02. The number of hydrogen-bond donors (Lipinski definition) is 0. The van der Waals surface area contributed by atoms with Crippen LogP contribution in [0.3, 0.4) is 0 Å². The quantitative estimate of drug-likeness (QED) is 0.660. The Morgan fingerprint density at radius 2 is 1.05 bits per heavy atom. The van der Waals surface area contributed by atoms with E-state index in [0.29, 0.717) is 6.61 Å². The Labute approximate surface area is 133 Å². The maximum absolute atomic E-state index is 13.6. The molecule has 0 amide bonds. The van der Waals surface area contributed by atoms with E-state index in [4.69, 9.17) is 3.73 Å². The van der Waals surface area contributed by atoms with Gasteiger partial charge in [-0.3, -0.25) is 0 Å². The molecule has 3 aromatic carbocycles. The first-order chi connectivity index (χ1) is 10.8. The molecule has 0 saturated heterocycles. The summed E-state index contributed by atoms with van der Waals surface area (Å²) in [5, 5.41) is 0. The minimum absolute atomic E-state index is 0.348. The molecule has 3 rings (SSSR count). The Morgan fingerprint density at radius 1 is 0.636 bits per heavy atom. The monoisotopic (exact) mass is 352 g/mol. The molecule has 0 N–H and O–H groups in total. The van der Waals surface area contributed by atoms with Gasteiger partial charge < -0.3 is 0 Å². The molecule has 0 unspecified atom stereocenters. The van der Waals surface area contributed by atoms with Gasteiger partial charge >= 0.3 is 133 Å². The fraction of sp³-hybridized carbons (Fsp3) is 0.0526. The van der Waals surface area contributed by atoms with Crippen LogP contribution >= 0.6 is 0 Å². The first-order valence-electron chi connectivity index (χ1n) is 7.19. The molecule has 0 fully saturated rings. The third kappa shape index (κ3) is 3.24. The van der Waals surface area contributed by atoms with E-state index in [1.165, 1.54) is 0 Å². The third-order valence-electron chi connectivity index (χ3n) is 3.45. The summed E-state index contributed by atoms with van der Waals surface area (Å²) in [6.07, 6.45) is 0. The topological polar surface area (TPSA) is 26.3 Å². The van der Waals surface area contributed by atoms with Gasteiger partial charge in [0.1, 0.15) is 0 Å². The zero-order chi connectivity index (χ0) is 15.3. The molecule has 22 heavy (non-hydrogen) atoms. The van der Waals surface area contributed by atoms with Crippen molar-refractivity contribution in [2.75, 3.05) is 0 Å². The van der Waals surface area contributed by atoms with E-state index in [2.05, 4.69) is 0 Å². The van der Waals surface area contributed by atoms with Crippen LogP contribution in [0.25, 0.3) is 0 Å². The van der Waals surface area contributed by atoms with Gasteiger partial charge in [-0.1, -0.05) is 0 Å². The second kappa shape index (κ2) is 6.83. The van der Waals surface area contributed by atoms with Gasteiger partial charge in [0, 0.05) is 0 Å². The Balaban J connectivity index is 1.95. The third-order valence-corrected chi connectivity index (χ3v) is 8.59. The van der Waals surface area contributed by atoms with Gasteiger partial charge in [-0.15, -0.1) is 0 Å². The predicted octanol–water partition coefficient (Wildman–Crippen LogP) is 2.89. The summed E-state index contributed by atoms with van der Waals surface area (Å²) in [6, 6.07) is 28.8. The van der Waals surface area contributed by atoms with Crippen molar-refractivity contribution in [2.24, 2.45) is 0 Å². The summed E-state index contributed by atoms with van der Waals surface area (Å²) < 4.78 is 21.2. The molecular formula is C19H17AsO2. The Kier molecular flexibility index (Phi) is 4.62. The van der Waals surface area contributed by atoms with Gasteiger partial charge in [0.05, 0.1) is 0 Å². The van der Waals surface area contributed by atoms with Crippen LogP contribution in [-0.2, 0) is 14.1 Å². The summed E-state index contributed by atoms with van der Waals surface area (Å²) in [5.41, 5.74) is 1.02. The Morgan fingerprint density at radius 3 is 1.50 bits per heavy atom. The summed E-state index contributed by atoms with van der Waals surface area (Å²) >= 11 is -3.84. The van der Waals surface area contributed by atoms with E-state index in [1.807, 2.05) is 91.0 Å². The second-order valence-corrected chi connectivity index (χ2v) is 10.0. The minimum atomic E-state index is -3.84. The van der Waals surface area contributed by atoms with Crippen LogP contribution in [-0.4, -0.2) is 13.8 Å². The molecule has 3 aromatic rings. The molecule has 0 radical (unpaired) electrons. The molecule has 0 atom stereocenters. The molecule has 0 saturated carbocycles. The molecular weight excluding hydrogens is 335 g/mol. The molecule has 0 spiro atoms. The van der Waals surface area contributed by atoms with Crippen LogP contribution in [0.2, 0.25) is 0 Å². The fourth-order valence-corrected chi connectivity index (χ4v) is 6.60. The fourth-order valence-electron chi connectivity index (χ4n) is 2.29. The van der Waals surface area contributed by atoms with E-state index in [-0.39, 0.29) is 0 Å². The average molecular weight is 352 g/mol. The van der Waals surface area contributed by atoms with Crippen LogP contribution in [0.15, 0.2) is 91.0 Å². The van der Waals surface area contributed by atoms with Gasteiger partial charge in [-0.25, -0.2) is 0 Å². The van der Waals surface area contributed by atoms with Crippen LogP contribution in [0.1, 0.15) is 5.56 Å². The van der Waals surface area contributed by atoms with E-state index < -0.39 is 13.8 Å². The summed E-state index contributed by atoms with van der Waals surface area (Å²) in [5.74, 6) is 0. The molecule has 0 aromatic heterocycles. The first kappa shape index (κ1) is 14.9. The van der Waals surface area contributed by atoms with Gasteiger partial charge in [0.2, 0.25) is 0 Å². The van der Waals surface area contributed by atoms with Crippen LogP contribution < -0.4 is 8.70 Å². The standard InChI is InChI=1S/C19H17AsO2/c21-20(18-12-6-2-7-13-18,19-14-8-3-9-15-19)22-16-17-10-4-1-5-11-17/h1-15H,16H2. The molecule has 2 nitrogen and oxygen atoms in total. The number of benzene rings is 3. The zero-order valence-corrected chi connectivity index (χ0v) is 14.0. The van der Waals surface area contributed by atoms with Gasteiger partial charge in [0.25, 0.3) is 0 Å². The van der Waals surface area contributed by atoms with Crippen LogP contribution in [0.5, 0.6) is 0 Å². The van der Waals surface area contributed by atoms with Crippen molar-refractivity contribution < 1.29 is 7.47 Å². The summed E-state index contributed by atoms with van der Waals surface area (Å²) in [6.45, 7) is 0.348. The first-order valence-corrected chi connectivity index (χ1v) is 10.6. The van der Waals surface area contributed by atoms with Crippen molar-refractivity contribution in [3.8, 4) is 0 Å². The van der Waals surface area contributed by atoms with Gasteiger partial charge in [0.15, 0.2) is 0 Å². The van der Waals surface area contributed by atoms with Crippen molar-refractivity contribution in [2.45, 2.75) is 6.61 Å². The van der Waals surface area contributed by atoms with E-state index in [0.717, 1.165) is 14.3 Å². The van der Waals surface area contributed by atoms with Gasteiger partial charge in [-0.2, -0.15) is 0 Å². The van der Waals surface area contributed by atoms with E-state index >= 15 is 0 Å². The summed E-state index contributed by atoms with van der Waals surface area (Å²) in [4.78, 5) is 0. The van der Waals surface area contributed by atoms with Crippen LogP contribution in [0, 0.1) is 0 Å². The number of hydrogen-bond acceptors (Lipinski definition) is 2. The SMILES string of the molecule is O=[As](OCc1ccccc1)(c1ccccc1)c1ccccc1. The molecule has 0 aliphatic rings. The number of rotatable bonds is 5. The zero-order valence-electron chi connectivity index (χ0n) is 12.1. The average Bonchev–Trinajstić information content (AvgIpc) is 2.62. The van der Waals surface area contributed by atoms with Crippen molar-refractivity contribution >= 4 is 22.5 Å². The molecule has 0 aliphatic carbocycles. The van der Waals surface area contributed by atoms with Crippen molar-refractivity contribution in [3.05, 3.63) is 96.6 Å². The molecule has 3 heteroatoms. The predicted molar refractivity (Wildman–Crippen MR) is 89.8 cm³/mol. The van der Waals surface area contributed by atoms with Crippen molar-refractivity contribution in [1.29, 1.82) is 0 Å². The normalized spacial score (nSPS) is 11.3. The second-order valence-electron chi connectivity index (χ2n) is 4.98. The van der Waals surface area contributed by atoms with Crippen molar-refractivity contribution in [3.63, 3.8) is 0 Å². The van der Waals surface area contributed by atoms with E-state index in [9.17, 15) is 3.74 Å². The van der Waals surface area contributed by atoms with Crippen LogP contribution in [0.4, 0.5) is 0 Å². The Bertz CT molecular complexity index is 712. The maximum atomic E-state index is 13.6.